The molecule has 4 rings (SSSR count). The van der Waals surface area contributed by atoms with E-state index in [0.717, 1.165) is 26.8 Å². The molecule has 0 nitrogen and oxygen atoms in total. The van der Waals surface area contributed by atoms with Crippen LogP contribution >= 0.6 is 26.8 Å². The van der Waals surface area contributed by atoms with E-state index in [9.17, 15) is 0 Å². The molecule has 0 spiro atoms. The van der Waals surface area contributed by atoms with Crippen LogP contribution in [0.3, 0.4) is 0 Å². The van der Waals surface area contributed by atoms with Crippen molar-refractivity contribution in [1.29, 1.82) is 0 Å². The van der Waals surface area contributed by atoms with Crippen LogP contribution in [-0.4, -0.2) is 50.1 Å². The fourth-order valence-corrected chi connectivity index (χ4v) is 298. The minimum atomic E-state index is 0.658. The summed E-state index contributed by atoms with van der Waals surface area (Å²) in [5.41, 5.74) is 0. The van der Waals surface area contributed by atoms with Gasteiger partial charge in [0.05, 0.1) is 34.8 Å². The van der Waals surface area contributed by atoms with Crippen LogP contribution in [-0.2, 0) is 0 Å². The lowest BCUT2D eigenvalue weighted by Gasteiger charge is -2.75. The van der Waals surface area contributed by atoms with Gasteiger partial charge in [-0.15, -0.1) is 26.8 Å². The number of hydrogen-bond acceptors (Lipinski definition) is 0. The molecule has 4 fully saturated rings. The maximum Gasteiger partial charge on any atom is 0.107 e. The molecule has 0 aromatic rings. The van der Waals surface area contributed by atoms with Gasteiger partial charge in [-0.25, -0.2) is 0 Å². The zero-order valence-corrected chi connectivity index (χ0v) is 14.4. The SMILES string of the molecule is [Si]1[Si]P2[Si]3[Si](P12)P1[Si][Si]P31. The summed E-state index contributed by atoms with van der Waals surface area (Å²) in [6, 6.07) is 0. The Morgan fingerprint density at radius 2 is 0.900 bits per heavy atom. The Bertz CT molecular complexity index is 164. The maximum atomic E-state index is 1.62. The average Bonchev–Trinajstić information content (AvgIpc) is 1.82. The summed E-state index contributed by atoms with van der Waals surface area (Å²) >= 11 is 0. The highest BCUT2D eigenvalue weighted by Gasteiger charge is 2.73. The number of fused-ring (bicyclic) bond motifs is 7. The van der Waals surface area contributed by atoms with E-state index in [1.54, 1.807) is 34.8 Å². The Hall–Kier alpha value is 3.02. The van der Waals surface area contributed by atoms with E-state index in [1.165, 1.54) is 0 Å². The van der Waals surface area contributed by atoms with Crippen LogP contribution < -0.4 is 0 Å². The average molecular weight is 292 g/mol. The molecule has 10 radical (unpaired) electrons. The Morgan fingerprint density at radius 3 is 1.10 bits per heavy atom. The van der Waals surface area contributed by atoms with E-state index >= 15 is 0 Å². The van der Waals surface area contributed by atoms with Gasteiger partial charge in [0.15, 0.2) is 0 Å². The molecule has 10 heavy (non-hydrogen) atoms. The molecule has 44 valence electrons. The Balaban J connectivity index is 1.69. The van der Waals surface area contributed by atoms with Crippen molar-refractivity contribution >= 4 is 76.9 Å². The molecule has 0 aromatic carbocycles. The normalized spacial score (nSPS) is 63.6. The van der Waals surface area contributed by atoms with Crippen molar-refractivity contribution in [3.8, 4) is 0 Å². The lowest BCUT2D eigenvalue weighted by Crippen LogP contribution is -2.60. The van der Waals surface area contributed by atoms with E-state index in [4.69, 9.17) is 0 Å². The highest BCUT2D eigenvalue weighted by molar-refractivity contribution is 9.17. The molecule has 10 heteroatoms. The van der Waals surface area contributed by atoms with Gasteiger partial charge in [-0.1, -0.05) is 0 Å². The van der Waals surface area contributed by atoms with Crippen molar-refractivity contribution in [1.82, 2.24) is 0 Å². The first-order chi connectivity index (χ1) is 4.97. The van der Waals surface area contributed by atoms with Gasteiger partial charge in [-0.3, -0.25) is 0 Å². The Morgan fingerprint density at radius 1 is 0.600 bits per heavy atom. The summed E-state index contributed by atoms with van der Waals surface area (Å²) < 4.78 is 0. The lowest BCUT2D eigenvalue weighted by molar-refractivity contribution is 3.51. The van der Waals surface area contributed by atoms with Crippen molar-refractivity contribution in [3.05, 3.63) is 0 Å². The van der Waals surface area contributed by atoms with E-state index in [1.807, 2.05) is 0 Å². The van der Waals surface area contributed by atoms with Gasteiger partial charge in [-0.05, 0) is 0 Å². The largest absolute Gasteiger partial charge is 0.119 e. The fourth-order valence-electron chi connectivity index (χ4n) is 1.36. The molecule has 0 N–H and O–H groups in total. The summed E-state index contributed by atoms with van der Waals surface area (Å²) in [5.74, 6) is 0. The van der Waals surface area contributed by atoms with E-state index < -0.39 is 0 Å². The molecule has 0 bridgehead atoms. The van der Waals surface area contributed by atoms with Gasteiger partial charge in [0.2, 0.25) is 0 Å². The summed E-state index contributed by atoms with van der Waals surface area (Å²) in [7, 11) is 7.78. The predicted octanol–water partition coefficient (Wildman–Crippen LogP) is 1.16. The van der Waals surface area contributed by atoms with Gasteiger partial charge < -0.3 is 0 Å². The van der Waals surface area contributed by atoms with E-state index in [0.29, 0.717) is 15.3 Å². The molecule has 4 atom stereocenters. The standard InChI is InChI=1S/P4Si6/c5-1-2(6-5)10-4-3(7-8-4)9(1)10. The van der Waals surface area contributed by atoms with E-state index in [2.05, 4.69) is 0 Å². The molecule has 0 amide bonds. The second-order valence-electron chi connectivity index (χ2n) is 2.34. The first-order valence-electron chi connectivity index (χ1n) is 2.94. The van der Waals surface area contributed by atoms with Crippen molar-refractivity contribution < 1.29 is 0 Å². The smallest absolute Gasteiger partial charge is 0.107 e. The summed E-state index contributed by atoms with van der Waals surface area (Å²) in [4.78, 5) is 0. The van der Waals surface area contributed by atoms with Crippen LogP contribution in [0.1, 0.15) is 0 Å². The summed E-state index contributed by atoms with van der Waals surface area (Å²) in [6.07, 6.45) is 0. The van der Waals surface area contributed by atoms with Gasteiger partial charge in [0.1, 0.15) is 15.3 Å². The third kappa shape index (κ3) is 0.658. The Kier molecular flexibility index (Phi) is 1.71. The van der Waals surface area contributed by atoms with Crippen molar-refractivity contribution in [2.75, 3.05) is 0 Å². The molecule has 4 unspecified atom stereocenters. The molecular weight excluding hydrogens is 292 g/mol. The zero-order chi connectivity index (χ0) is 6.29. The lowest BCUT2D eigenvalue weighted by atomic mass is 26.3. The fraction of sp³-hybridized carbons (Fsp3) is 0. The van der Waals surface area contributed by atoms with Gasteiger partial charge >= 0.3 is 0 Å². The predicted molar refractivity (Wildman–Crippen MR) is 62.2 cm³/mol. The molecule has 4 aliphatic rings. The molecular formula is P4Si6. The van der Waals surface area contributed by atoms with Crippen molar-refractivity contribution in [2.24, 2.45) is 0 Å². The molecule has 4 heterocycles. The van der Waals surface area contributed by atoms with Gasteiger partial charge in [-0.2, -0.15) is 0 Å². The highest BCUT2D eigenvalue weighted by Crippen LogP contribution is 3.09. The van der Waals surface area contributed by atoms with Gasteiger partial charge in [0.25, 0.3) is 0 Å². The van der Waals surface area contributed by atoms with E-state index in [-0.39, 0.29) is 0 Å². The number of rotatable bonds is 0. The first kappa shape index (κ1) is 7.33. The van der Waals surface area contributed by atoms with Crippen LogP contribution in [0.25, 0.3) is 0 Å². The minimum absolute atomic E-state index is 0.658. The van der Waals surface area contributed by atoms with Crippen molar-refractivity contribution in [3.63, 3.8) is 0 Å². The topological polar surface area (TPSA) is 0 Å². The van der Waals surface area contributed by atoms with Crippen LogP contribution in [0.15, 0.2) is 0 Å². The molecule has 0 aromatic heterocycles. The van der Waals surface area contributed by atoms with Crippen LogP contribution in [0.5, 0.6) is 0 Å². The maximum absolute atomic E-state index is 1.62. The van der Waals surface area contributed by atoms with Crippen LogP contribution in [0, 0.1) is 0 Å². The zero-order valence-electron chi connectivity index (χ0n) is 4.79. The molecule has 4 saturated heterocycles. The Labute approximate surface area is 76.6 Å². The minimum Gasteiger partial charge on any atom is -0.119 e. The quantitative estimate of drug-likeness (QED) is 0.464. The molecule has 4 aliphatic heterocycles. The summed E-state index contributed by atoms with van der Waals surface area (Å²) in [5, 5.41) is 0. The summed E-state index contributed by atoms with van der Waals surface area (Å²) in [6.45, 7) is 3.93. The van der Waals surface area contributed by atoms with Crippen LogP contribution in [0.2, 0.25) is 0 Å². The third-order valence-corrected chi connectivity index (χ3v) is 156. The third-order valence-electron chi connectivity index (χ3n) is 1.93. The monoisotopic (exact) mass is 292 g/mol. The van der Waals surface area contributed by atoms with Crippen molar-refractivity contribution in [2.45, 2.75) is 0 Å². The second-order valence-corrected chi connectivity index (χ2v) is 63.2. The van der Waals surface area contributed by atoms with Gasteiger partial charge in [0, 0.05) is 0 Å². The number of hydrogen-bond donors (Lipinski definition) is 0. The molecule has 0 aliphatic carbocycles. The highest BCUT2D eigenvalue weighted by atomic mass is 32.8. The van der Waals surface area contributed by atoms with Crippen LogP contribution in [0.4, 0.5) is 0 Å². The second kappa shape index (κ2) is 2.33. The molecule has 0 saturated carbocycles. The first-order valence-corrected chi connectivity index (χ1v) is 26.4.